The number of hydrogen-bond donors (Lipinski definition) is 1. The van der Waals surface area contributed by atoms with Crippen LogP contribution in [0.25, 0.3) is 0 Å². The summed E-state index contributed by atoms with van der Waals surface area (Å²) in [6.07, 6.45) is 0. The van der Waals surface area contributed by atoms with Gasteiger partial charge in [-0.25, -0.2) is 0 Å². The minimum atomic E-state index is 0.778. The second kappa shape index (κ2) is 5.82. The van der Waals surface area contributed by atoms with Crippen LogP contribution in [0, 0.1) is 6.92 Å². The van der Waals surface area contributed by atoms with Crippen LogP contribution in [0.15, 0.2) is 34.7 Å². The first-order chi connectivity index (χ1) is 10.2. The Morgan fingerprint density at radius 2 is 1.95 bits per heavy atom. The molecule has 2 heterocycles. The summed E-state index contributed by atoms with van der Waals surface area (Å²) in [6.45, 7) is 5.83. The van der Waals surface area contributed by atoms with Gasteiger partial charge in [0.05, 0.1) is 17.9 Å². The molecule has 0 saturated heterocycles. The number of hydrogen-bond acceptors (Lipinski definition) is 4. The van der Waals surface area contributed by atoms with Crippen LogP contribution in [0.3, 0.4) is 0 Å². The zero-order chi connectivity index (χ0) is 14.8. The van der Waals surface area contributed by atoms with Gasteiger partial charge in [-0.15, -0.1) is 0 Å². The first-order valence-electron chi connectivity index (χ1n) is 7.47. The van der Waals surface area contributed by atoms with Crippen molar-refractivity contribution in [3.8, 4) is 0 Å². The molecule has 0 fully saturated rings. The van der Waals surface area contributed by atoms with Crippen molar-refractivity contribution in [1.82, 2.24) is 5.32 Å². The fraction of sp³-hybridized carbons (Fsp3) is 0.412. The molecule has 2 aromatic rings. The normalized spacial score (nSPS) is 14.4. The third kappa shape index (κ3) is 2.76. The van der Waals surface area contributed by atoms with Crippen molar-refractivity contribution < 1.29 is 4.42 Å². The van der Waals surface area contributed by atoms with Gasteiger partial charge in [-0.2, -0.15) is 0 Å². The lowest BCUT2D eigenvalue weighted by molar-refractivity contribution is 0.469. The molecule has 0 bridgehead atoms. The monoisotopic (exact) mass is 285 g/mol. The average molecular weight is 285 g/mol. The van der Waals surface area contributed by atoms with E-state index < -0.39 is 0 Å². The van der Waals surface area contributed by atoms with Crippen LogP contribution in [0.2, 0.25) is 0 Å². The Bertz CT molecular complexity index is 620. The maximum atomic E-state index is 5.81. The zero-order valence-electron chi connectivity index (χ0n) is 13.0. The maximum absolute atomic E-state index is 5.81. The standard InChI is InChI=1S/C17H23N3O/c1-13-14(10-15(21-13)11-18-2)12-20-9-8-19(3)16-6-4-5-7-17(16)20/h4-7,10,18H,8-9,11-12H2,1-3H3. The number of anilines is 2. The lowest BCUT2D eigenvalue weighted by atomic mass is 10.1. The Labute approximate surface area is 126 Å². The lowest BCUT2D eigenvalue weighted by Gasteiger charge is -2.36. The number of para-hydroxylation sites is 2. The Balaban J connectivity index is 1.84. The van der Waals surface area contributed by atoms with Crippen molar-refractivity contribution in [2.24, 2.45) is 0 Å². The molecule has 1 aromatic heterocycles. The molecule has 4 heteroatoms. The number of fused-ring (bicyclic) bond motifs is 1. The molecule has 0 radical (unpaired) electrons. The van der Waals surface area contributed by atoms with Gasteiger partial charge >= 0.3 is 0 Å². The molecule has 3 rings (SSSR count). The molecule has 0 unspecified atom stereocenters. The first kappa shape index (κ1) is 14.0. The van der Waals surface area contributed by atoms with Gasteiger partial charge in [0.25, 0.3) is 0 Å². The third-order valence-electron chi connectivity index (χ3n) is 4.12. The molecule has 4 nitrogen and oxygen atoms in total. The molecule has 112 valence electrons. The quantitative estimate of drug-likeness (QED) is 0.936. The van der Waals surface area contributed by atoms with E-state index in [9.17, 15) is 0 Å². The number of rotatable bonds is 4. The molecule has 1 aliphatic heterocycles. The highest BCUT2D eigenvalue weighted by Crippen LogP contribution is 2.33. The Morgan fingerprint density at radius 1 is 1.19 bits per heavy atom. The summed E-state index contributed by atoms with van der Waals surface area (Å²) in [5.74, 6) is 2.03. The number of likely N-dealkylation sites (N-methyl/N-ethyl adjacent to an activating group) is 1. The second-order valence-corrected chi connectivity index (χ2v) is 5.66. The van der Waals surface area contributed by atoms with Crippen molar-refractivity contribution in [3.05, 3.63) is 47.4 Å². The van der Waals surface area contributed by atoms with Gasteiger partial charge in [0.1, 0.15) is 11.5 Å². The first-order valence-corrected chi connectivity index (χ1v) is 7.47. The number of aryl methyl sites for hydroxylation is 1. The van der Waals surface area contributed by atoms with Crippen molar-refractivity contribution >= 4 is 11.4 Å². The van der Waals surface area contributed by atoms with E-state index in [2.05, 4.69) is 59.4 Å². The van der Waals surface area contributed by atoms with E-state index in [1.54, 1.807) is 0 Å². The number of nitrogens with zero attached hydrogens (tertiary/aromatic N) is 2. The molecule has 0 amide bonds. The van der Waals surface area contributed by atoms with Gasteiger partial charge in [-0.1, -0.05) is 12.1 Å². The van der Waals surface area contributed by atoms with Crippen LogP contribution in [-0.2, 0) is 13.1 Å². The minimum Gasteiger partial charge on any atom is -0.465 e. The van der Waals surface area contributed by atoms with Gasteiger partial charge < -0.3 is 19.5 Å². The van der Waals surface area contributed by atoms with Gasteiger partial charge in [0.2, 0.25) is 0 Å². The highest BCUT2D eigenvalue weighted by atomic mass is 16.3. The number of nitrogens with one attached hydrogen (secondary N) is 1. The van der Waals surface area contributed by atoms with Crippen LogP contribution in [-0.4, -0.2) is 27.2 Å². The van der Waals surface area contributed by atoms with Crippen molar-refractivity contribution in [3.63, 3.8) is 0 Å². The van der Waals surface area contributed by atoms with Crippen LogP contribution in [0.5, 0.6) is 0 Å². The van der Waals surface area contributed by atoms with Crippen LogP contribution in [0.1, 0.15) is 17.1 Å². The minimum absolute atomic E-state index is 0.778. The summed E-state index contributed by atoms with van der Waals surface area (Å²) >= 11 is 0. The fourth-order valence-electron chi connectivity index (χ4n) is 2.94. The molecule has 21 heavy (non-hydrogen) atoms. The summed E-state index contributed by atoms with van der Waals surface area (Å²) in [5, 5.41) is 3.14. The van der Waals surface area contributed by atoms with Gasteiger partial charge in [-0.3, -0.25) is 0 Å². The Morgan fingerprint density at radius 3 is 2.71 bits per heavy atom. The molecule has 1 N–H and O–H groups in total. The van der Waals surface area contributed by atoms with Crippen molar-refractivity contribution in [2.45, 2.75) is 20.0 Å². The van der Waals surface area contributed by atoms with Crippen LogP contribution < -0.4 is 15.1 Å². The molecule has 0 aliphatic carbocycles. The SMILES string of the molecule is CNCc1cc(CN2CCN(C)c3ccccc32)c(C)o1. The predicted octanol–water partition coefficient (Wildman–Crippen LogP) is 2.76. The van der Waals surface area contributed by atoms with E-state index in [-0.39, 0.29) is 0 Å². The largest absolute Gasteiger partial charge is 0.465 e. The molecular formula is C17H23N3O. The average Bonchev–Trinajstić information content (AvgIpc) is 2.83. The summed E-state index contributed by atoms with van der Waals surface area (Å²) in [4.78, 5) is 4.76. The van der Waals surface area contributed by atoms with E-state index in [0.29, 0.717) is 0 Å². The summed E-state index contributed by atoms with van der Waals surface area (Å²) in [6, 6.07) is 10.8. The molecule has 0 spiro atoms. The van der Waals surface area contributed by atoms with Crippen LogP contribution >= 0.6 is 0 Å². The summed E-state index contributed by atoms with van der Waals surface area (Å²) in [5.41, 5.74) is 3.89. The van der Waals surface area contributed by atoms with E-state index in [1.807, 2.05) is 7.05 Å². The fourth-order valence-corrected chi connectivity index (χ4v) is 2.94. The highest BCUT2D eigenvalue weighted by molar-refractivity contribution is 5.73. The highest BCUT2D eigenvalue weighted by Gasteiger charge is 2.21. The molecular weight excluding hydrogens is 262 g/mol. The lowest BCUT2D eigenvalue weighted by Crippen LogP contribution is -2.38. The summed E-state index contributed by atoms with van der Waals surface area (Å²) < 4.78 is 5.81. The summed E-state index contributed by atoms with van der Waals surface area (Å²) in [7, 11) is 4.10. The van der Waals surface area contributed by atoms with E-state index >= 15 is 0 Å². The molecule has 0 saturated carbocycles. The van der Waals surface area contributed by atoms with Gasteiger partial charge in [0.15, 0.2) is 0 Å². The van der Waals surface area contributed by atoms with Crippen molar-refractivity contribution in [2.75, 3.05) is 37.0 Å². The Hall–Kier alpha value is -1.94. The Kier molecular flexibility index (Phi) is 3.88. The smallest absolute Gasteiger partial charge is 0.118 e. The van der Waals surface area contributed by atoms with Crippen molar-refractivity contribution in [1.29, 1.82) is 0 Å². The van der Waals surface area contributed by atoms with Gasteiger partial charge in [-0.05, 0) is 32.2 Å². The maximum Gasteiger partial charge on any atom is 0.118 e. The van der Waals surface area contributed by atoms with E-state index in [0.717, 1.165) is 37.7 Å². The van der Waals surface area contributed by atoms with E-state index in [1.165, 1.54) is 16.9 Å². The predicted molar refractivity (Wildman–Crippen MR) is 87.0 cm³/mol. The number of benzene rings is 1. The molecule has 1 aliphatic rings. The number of furan rings is 1. The third-order valence-corrected chi connectivity index (χ3v) is 4.12. The van der Waals surface area contributed by atoms with E-state index in [4.69, 9.17) is 4.42 Å². The zero-order valence-corrected chi connectivity index (χ0v) is 13.0. The topological polar surface area (TPSA) is 31.6 Å². The van der Waals surface area contributed by atoms with Gasteiger partial charge in [0, 0.05) is 32.2 Å². The van der Waals surface area contributed by atoms with Crippen LogP contribution in [0.4, 0.5) is 11.4 Å². The molecule has 0 atom stereocenters. The molecule has 1 aromatic carbocycles. The second-order valence-electron chi connectivity index (χ2n) is 5.66.